The lowest BCUT2D eigenvalue weighted by Gasteiger charge is -2.06. The molecule has 1 N–H and O–H groups in total. The first-order valence-corrected chi connectivity index (χ1v) is 6.55. The highest BCUT2D eigenvalue weighted by Crippen LogP contribution is 2.21. The highest BCUT2D eigenvalue weighted by molar-refractivity contribution is 6.07. The summed E-state index contributed by atoms with van der Waals surface area (Å²) in [7, 11) is 0. The zero-order valence-electron chi connectivity index (χ0n) is 12.1. The van der Waals surface area contributed by atoms with Gasteiger partial charge in [0.2, 0.25) is 5.88 Å². The molecule has 0 unspecified atom stereocenters. The fraction of sp³-hybridized carbons (Fsp3) is 0.267. The molecule has 0 fully saturated rings. The van der Waals surface area contributed by atoms with Crippen molar-refractivity contribution in [2.45, 2.75) is 20.8 Å². The Hall–Kier alpha value is -2.63. The van der Waals surface area contributed by atoms with E-state index in [-0.39, 0.29) is 24.0 Å². The fourth-order valence-electron chi connectivity index (χ4n) is 1.90. The van der Waals surface area contributed by atoms with E-state index in [0.717, 1.165) is 5.56 Å². The molecule has 2 rings (SSSR count). The molecule has 0 aliphatic heterocycles. The SMILES string of the molecule is CCOC(=O)c1c(C)noc1NC(=O)c1ccccc1C. The van der Waals surface area contributed by atoms with Crippen molar-refractivity contribution in [3.63, 3.8) is 0 Å². The lowest BCUT2D eigenvalue weighted by atomic mass is 10.1. The third kappa shape index (κ3) is 3.10. The van der Waals surface area contributed by atoms with E-state index in [0.29, 0.717) is 11.3 Å². The smallest absolute Gasteiger partial charge is 0.345 e. The van der Waals surface area contributed by atoms with Gasteiger partial charge in [0.1, 0.15) is 5.56 Å². The topological polar surface area (TPSA) is 81.4 Å². The number of rotatable bonds is 4. The summed E-state index contributed by atoms with van der Waals surface area (Å²) in [4.78, 5) is 24.1. The summed E-state index contributed by atoms with van der Waals surface area (Å²) in [5, 5.41) is 6.26. The van der Waals surface area contributed by atoms with Crippen LogP contribution in [0.15, 0.2) is 28.8 Å². The van der Waals surface area contributed by atoms with Crippen LogP contribution in [-0.4, -0.2) is 23.6 Å². The van der Waals surface area contributed by atoms with Crippen LogP contribution >= 0.6 is 0 Å². The number of aromatic nitrogens is 1. The Labute approximate surface area is 122 Å². The van der Waals surface area contributed by atoms with Gasteiger partial charge in [0.15, 0.2) is 0 Å². The molecule has 0 atom stereocenters. The number of nitrogens with one attached hydrogen (secondary N) is 1. The fourth-order valence-corrected chi connectivity index (χ4v) is 1.90. The summed E-state index contributed by atoms with van der Waals surface area (Å²) in [5.41, 5.74) is 1.83. The molecule has 6 nitrogen and oxygen atoms in total. The number of hydrogen-bond acceptors (Lipinski definition) is 5. The van der Waals surface area contributed by atoms with Crippen LogP contribution in [0.1, 0.15) is 38.9 Å². The maximum absolute atomic E-state index is 12.2. The van der Waals surface area contributed by atoms with Gasteiger partial charge in [0.05, 0.1) is 12.3 Å². The highest BCUT2D eigenvalue weighted by Gasteiger charge is 2.23. The van der Waals surface area contributed by atoms with Gasteiger partial charge in [-0.05, 0) is 32.4 Å². The summed E-state index contributed by atoms with van der Waals surface area (Å²) in [6.07, 6.45) is 0. The lowest BCUT2D eigenvalue weighted by Crippen LogP contribution is -2.16. The second-order valence-electron chi connectivity index (χ2n) is 4.46. The first-order chi connectivity index (χ1) is 10.0. The van der Waals surface area contributed by atoms with Gasteiger partial charge in [-0.2, -0.15) is 0 Å². The Balaban J connectivity index is 2.27. The Morgan fingerprint density at radius 3 is 2.67 bits per heavy atom. The van der Waals surface area contributed by atoms with Crippen molar-refractivity contribution in [2.24, 2.45) is 0 Å². The first kappa shape index (κ1) is 14.8. The number of esters is 1. The number of benzene rings is 1. The number of amides is 1. The van der Waals surface area contributed by atoms with Gasteiger partial charge in [0.25, 0.3) is 5.91 Å². The summed E-state index contributed by atoms with van der Waals surface area (Å²) >= 11 is 0. The minimum absolute atomic E-state index is 0.000738. The highest BCUT2D eigenvalue weighted by atomic mass is 16.5. The lowest BCUT2D eigenvalue weighted by molar-refractivity contribution is 0.0526. The van der Waals surface area contributed by atoms with Gasteiger partial charge in [0, 0.05) is 5.56 Å². The molecule has 21 heavy (non-hydrogen) atoms. The predicted molar refractivity (Wildman–Crippen MR) is 76.3 cm³/mol. The minimum Gasteiger partial charge on any atom is -0.462 e. The second kappa shape index (κ2) is 6.21. The van der Waals surface area contributed by atoms with Crippen LogP contribution in [0.2, 0.25) is 0 Å². The van der Waals surface area contributed by atoms with Gasteiger partial charge >= 0.3 is 5.97 Å². The van der Waals surface area contributed by atoms with Crippen molar-refractivity contribution in [3.05, 3.63) is 46.6 Å². The van der Waals surface area contributed by atoms with Gasteiger partial charge < -0.3 is 9.26 Å². The number of anilines is 1. The van der Waals surface area contributed by atoms with E-state index in [2.05, 4.69) is 10.5 Å². The minimum atomic E-state index is -0.573. The average Bonchev–Trinajstić information content (AvgIpc) is 2.80. The molecule has 110 valence electrons. The van der Waals surface area contributed by atoms with E-state index in [1.165, 1.54) is 0 Å². The molecule has 0 spiro atoms. The van der Waals surface area contributed by atoms with E-state index in [4.69, 9.17) is 9.26 Å². The average molecular weight is 288 g/mol. The molecule has 1 aromatic heterocycles. The third-order valence-corrected chi connectivity index (χ3v) is 2.96. The zero-order chi connectivity index (χ0) is 15.4. The summed E-state index contributed by atoms with van der Waals surface area (Å²) in [6, 6.07) is 7.12. The van der Waals surface area contributed by atoms with Crippen LogP contribution in [0.4, 0.5) is 5.88 Å². The molecule has 1 amide bonds. The van der Waals surface area contributed by atoms with Crippen LogP contribution in [0.3, 0.4) is 0 Å². The Morgan fingerprint density at radius 2 is 2.00 bits per heavy atom. The Bertz CT molecular complexity index is 676. The van der Waals surface area contributed by atoms with Crippen LogP contribution in [0, 0.1) is 13.8 Å². The van der Waals surface area contributed by atoms with Crippen LogP contribution in [-0.2, 0) is 4.74 Å². The molecule has 1 heterocycles. The van der Waals surface area contributed by atoms with Gasteiger partial charge in [-0.15, -0.1) is 0 Å². The molecular weight excluding hydrogens is 272 g/mol. The normalized spacial score (nSPS) is 10.2. The molecule has 2 aromatic rings. The molecule has 0 radical (unpaired) electrons. The van der Waals surface area contributed by atoms with Crippen LogP contribution in [0.25, 0.3) is 0 Å². The monoisotopic (exact) mass is 288 g/mol. The zero-order valence-corrected chi connectivity index (χ0v) is 12.1. The summed E-state index contributed by atoms with van der Waals surface area (Å²) in [6.45, 7) is 5.37. The number of nitrogens with zero attached hydrogens (tertiary/aromatic N) is 1. The Kier molecular flexibility index (Phi) is 4.37. The van der Waals surface area contributed by atoms with Gasteiger partial charge in [-0.3, -0.25) is 10.1 Å². The van der Waals surface area contributed by atoms with Crippen molar-refractivity contribution < 1.29 is 18.8 Å². The number of carbonyl (C=O) groups excluding carboxylic acids is 2. The van der Waals surface area contributed by atoms with Crippen molar-refractivity contribution >= 4 is 17.8 Å². The first-order valence-electron chi connectivity index (χ1n) is 6.55. The number of carbonyl (C=O) groups is 2. The molecule has 0 aliphatic rings. The molecule has 0 bridgehead atoms. The largest absolute Gasteiger partial charge is 0.462 e. The van der Waals surface area contributed by atoms with Gasteiger partial charge in [-0.1, -0.05) is 23.4 Å². The maximum Gasteiger partial charge on any atom is 0.345 e. The number of hydrogen-bond donors (Lipinski definition) is 1. The van der Waals surface area contributed by atoms with E-state index >= 15 is 0 Å². The molecule has 0 saturated carbocycles. The molecule has 1 aromatic carbocycles. The second-order valence-corrected chi connectivity index (χ2v) is 4.46. The molecule has 0 saturated heterocycles. The van der Waals surface area contributed by atoms with Crippen molar-refractivity contribution in [2.75, 3.05) is 11.9 Å². The van der Waals surface area contributed by atoms with Crippen molar-refractivity contribution in [3.8, 4) is 0 Å². The summed E-state index contributed by atoms with van der Waals surface area (Å²) < 4.78 is 9.94. The van der Waals surface area contributed by atoms with E-state index < -0.39 is 5.97 Å². The standard InChI is InChI=1S/C15H16N2O4/c1-4-20-15(19)12-10(3)17-21-14(12)16-13(18)11-8-6-5-7-9(11)2/h5-8H,4H2,1-3H3,(H,16,18). The van der Waals surface area contributed by atoms with E-state index in [1.54, 1.807) is 26.0 Å². The number of aryl methyl sites for hydroxylation is 2. The third-order valence-electron chi connectivity index (χ3n) is 2.96. The molecule has 0 aliphatic carbocycles. The predicted octanol–water partition coefficient (Wildman–Crippen LogP) is 2.72. The van der Waals surface area contributed by atoms with E-state index in [9.17, 15) is 9.59 Å². The summed E-state index contributed by atoms with van der Waals surface area (Å²) in [5.74, 6) is -0.940. The van der Waals surface area contributed by atoms with Crippen molar-refractivity contribution in [1.29, 1.82) is 0 Å². The quantitative estimate of drug-likeness (QED) is 0.875. The van der Waals surface area contributed by atoms with Crippen LogP contribution < -0.4 is 5.32 Å². The maximum atomic E-state index is 12.2. The molecular formula is C15H16N2O4. The molecule has 6 heteroatoms. The van der Waals surface area contributed by atoms with E-state index in [1.807, 2.05) is 19.1 Å². The number of ether oxygens (including phenoxy) is 1. The van der Waals surface area contributed by atoms with Gasteiger partial charge in [-0.25, -0.2) is 4.79 Å². The Morgan fingerprint density at radius 1 is 1.29 bits per heavy atom. The van der Waals surface area contributed by atoms with Crippen LogP contribution in [0.5, 0.6) is 0 Å². The van der Waals surface area contributed by atoms with Crippen molar-refractivity contribution in [1.82, 2.24) is 5.16 Å².